The Bertz CT molecular complexity index is 1080. The molecule has 1 heterocycles. The standard InChI is InChI=1S/C26H28ClNO6/c1-4-14-34-19-10-7-17(8-11-19)23-22(25(30)26(31)28(23)13-6-15-32-3)24(29)18-9-12-21(33-5-2)20(27)16-18/h4,7-12,16,23,29H,1,5-6,13-15H2,2-3H3/b24-22+. The molecule has 34 heavy (non-hydrogen) atoms. The fraction of sp³-hybridized carbons (Fsp3) is 0.308. The smallest absolute Gasteiger partial charge is 0.295 e. The molecule has 0 saturated carbocycles. The van der Waals surface area contributed by atoms with Crippen LogP contribution in [-0.2, 0) is 14.3 Å². The average molecular weight is 486 g/mol. The SMILES string of the molecule is C=CCOc1ccc(C2/C(=C(\O)c3ccc(OCC)c(Cl)c3)C(=O)C(=O)N2CCCOC)cc1. The Balaban J connectivity index is 2.06. The van der Waals surface area contributed by atoms with Crippen LogP contribution in [0.5, 0.6) is 11.5 Å². The third-order valence-electron chi connectivity index (χ3n) is 5.36. The number of nitrogens with zero attached hydrogens (tertiary/aromatic N) is 1. The number of halogens is 1. The first kappa shape index (κ1) is 25.3. The quantitative estimate of drug-likeness (QED) is 0.162. The van der Waals surface area contributed by atoms with Crippen molar-refractivity contribution in [3.8, 4) is 11.5 Å². The summed E-state index contributed by atoms with van der Waals surface area (Å²) < 4.78 is 16.1. The van der Waals surface area contributed by atoms with E-state index in [1.807, 2.05) is 6.92 Å². The van der Waals surface area contributed by atoms with E-state index in [4.69, 9.17) is 25.8 Å². The molecule has 3 rings (SSSR count). The van der Waals surface area contributed by atoms with Crippen molar-refractivity contribution in [3.63, 3.8) is 0 Å². The highest BCUT2D eigenvalue weighted by Crippen LogP contribution is 2.40. The number of likely N-dealkylation sites (tertiary alicyclic amines) is 1. The molecule has 1 aliphatic rings. The molecule has 1 saturated heterocycles. The number of benzene rings is 2. The number of carbonyl (C=O) groups is 2. The number of hydrogen-bond acceptors (Lipinski definition) is 6. The molecule has 1 aliphatic heterocycles. The van der Waals surface area contributed by atoms with E-state index in [1.54, 1.807) is 49.6 Å². The van der Waals surface area contributed by atoms with Gasteiger partial charge < -0.3 is 24.2 Å². The van der Waals surface area contributed by atoms with Gasteiger partial charge in [-0.1, -0.05) is 36.4 Å². The molecule has 1 unspecified atom stereocenters. The molecule has 0 aliphatic carbocycles. The molecule has 2 aromatic carbocycles. The maximum atomic E-state index is 13.1. The third-order valence-corrected chi connectivity index (χ3v) is 5.65. The van der Waals surface area contributed by atoms with Crippen LogP contribution in [0.3, 0.4) is 0 Å². The van der Waals surface area contributed by atoms with Crippen molar-refractivity contribution >= 4 is 29.1 Å². The van der Waals surface area contributed by atoms with E-state index in [0.29, 0.717) is 60.4 Å². The zero-order valence-corrected chi connectivity index (χ0v) is 20.0. The van der Waals surface area contributed by atoms with Gasteiger partial charge in [0.15, 0.2) is 0 Å². The topological polar surface area (TPSA) is 85.3 Å². The molecule has 1 fully saturated rings. The molecule has 0 radical (unpaired) electrons. The van der Waals surface area contributed by atoms with Gasteiger partial charge in [0.1, 0.15) is 23.9 Å². The second-order valence-corrected chi connectivity index (χ2v) is 7.99. The van der Waals surface area contributed by atoms with E-state index in [9.17, 15) is 14.7 Å². The van der Waals surface area contributed by atoms with Crippen molar-refractivity contribution in [2.24, 2.45) is 0 Å². The lowest BCUT2D eigenvalue weighted by Crippen LogP contribution is -2.31. The van der Waals surface area contributed by atoms with Gasteiger partial charge in [0, 0.05) is 25.8 Å². The molecule has 180 valence electrons. The average Bonchev–Trinajstić information content (AvgIpc) is 3.09. The van der Waals surface area contributed by atoms with Crippen LogP contribution in [0, 0.1) is 0 Å². The fourth-order valence-electron chi connectivity index (χ4n) is 3.81. The van der Waals surface area contributed by atoms with Gasteiger partial charge in [-0.05, 0) is 49.2 Å². The molecule has 7 nitrogen and oxygen atoms in total. The van der Waals surface area contributed by atoms with Crippen LogP contribution in [0.2, 0.25) is 5.02 Å². The predicted octanol–water partition coefficient (Wildman–Crippen LogP) is 4.76. The number of carbonyl (C=O) groups excluding carboxylic acids is 2. The van der Waals surface area contributed by atoms with Crippen molar-refractivity contribution < 1.29 is 28.9 Å². The minimum Gasteiger partial charge on any atom is -0.507 e. The number of amides is 1. The Hall–Kier alpha value is -3.29. The summed E-state index contributed by atoms with van der Waals surface area (Å²) in [4.78, 5) is 27.5. The van der Waals surface area contributed by atoms with Crippen LogP contribution < -0.4 is 9.47 Å². The number of hydrogen-bond donors (Lipinski definition) is 1. The summed E-state index contributed by atoms with van der Waals surface area (Å²) >= 11 is 6.29. The number of aliphatic hydroxyl groups excluding tert-OH is 1. The molecular formula is C26H28ClNO6. The molecule has 8 heteroatoms. The molecule has 1 amide bonds. The molecule has 1 atom stereocenters. The van der Waals surface area contributed by atoms with Crippen LogP contribution in [0.15, 0.2) is 60.7 Å². The van der Waals surface area contributed by atoms with Gasteiger partial charge in [0.2, 0.25) is 0 Å². The van der Waals surface area contributed by atoms with Crippen molar-refractivity contribution in [1.29, 1.82) is 0 Å². The monoisotopic (exact) mass is 485 g/mol. The third kappa shape index (κ3) is 5.43. The summed E-state index contributed by atoms with van der Waals surface area (Å²) in [5, 5.41) is 11.5. The highest BCUT2D eigenvalue weighted by molar-refractivity contribution is 6.46. The molecular weight excluding hydrogens is 458 g/mol. The number of ketones is 1. The second-order valence-electron chi connectivity index (χ2n) is 7.59. The molecule has 0 bridgehead atoms. The number of rotatable bonds is 11. The van der Waals surface area contributed by atoms with Crippen LogP contribution >= 0.6 is 11.6 Å². The van der Waals surface area contributed by atoms with Crippen molar-refractivity contribution in [3.05, 3.63) is 76.8 Å². The number of Topliss-reactive ketones (excluding diaryl/α,β-unsaturated/α-hetero) is 1. The van der Waals surface area contributed by atoms with Crippen molar-refractivity contribution in [2.45, 2.75) is 19.4 Å². The van der Waals surface area contributed by atoms with Gasteiger partial charge in [-0.15, -0.1) is 0 Å². The summed E-state index contributed by atoms with van der Waals surface area (Å²) in [5.74, 6) is -0.635. The summed E-state index contributed by atoms with van der Waals surface area (Å²) in [5.41, 5.74) is 0.989. The Morgan fingerprint density at radius 2 is 1.91 bits per heavy atom. The minimum atomic E-state index is -0.768. The first-order valence-electron chi connectivity index (χ1n) is 11.0. The number of ether oxygens (including phenoxy) is 3. The largest absolute Gasteiger partial charge is 0.507 e. The molecule has 0 aromatic heterocycles. The van der Waals surface area contributed by atoms with Gasteiger partial charge in [-0.25, -0.2) is 0 Å². The summed E-state index contributed by atoms with van der Waals surface area (Å²) in [7, 11) is 1.57. The summed E-state index contributed by atoms with van der Waals surface area (Å²) in [6.07, 6.45) is 2.18. The van der Waals surface area contributed by atoms with Crippen LogP contribution in [-0.4, -0.2) is 55.2 Å². The van der Waals surface area contributed by atoms with Crippen LogP contribution in [0.1, 0.15) is 30.5 Å². The normalized spacial score (nSPS) is 17.1. The van der Waals surface area contributed by atoms with Gasteiger partial charge >= 0.3 is 0 Å². The van der Waals surface area contributed by atoms with Crippen molar-refractivity contribution in [2.75, 3.05) is 33.5 Å². The van der Waals surface area contributed by atoms with Gasteiger partial charge in [0.25, 0.3) is 11.7 Å². The van der Waals surface area contributed by atoms with Crippen molar-refractivity contribution in [1.82, 2.24) is 4.90 Å². The Kier molecular flexibility index (Phi) is 8.73. The van der Waals surface area contributed by atoms with E-state index < -0.39 is 17.7 Å². The predicted molar refractivity (Wildman–Crippen MR) is 130 cm³/mol. The Labute approximate surface area is 204 Å². The van der Waals surface area contributed by atoms with Gasteiger partial charge in [0.05, 0.1) is 23.2 Å². The van der Waals surface area contributed by atoms with Crippen LogP contribution in [0.25, 0.3) is 5.76 Å². The van der Waals surface area contributed by atoms with E-state index in [1.165, 1.54) is 11.0 Å². The summed E-state index contributed by atoms with van der Waals surface area (Å²) in [6.45, 7) is 6.98. The lowest BCUT2D eigenvalue weighted by Gasteiger charge is -2.25. The lowest BCUT2D eigenvalue weighted by molar-refractivity contribution is -0.140. The number of aliphatic hydroxyl groups is 1. The van der Waals surface area contributed by atoms with Gasteiger partial charge in [-0.3, -0.25) is 9.59 Å². The molecule has 0 spiro atoms. The van der Waals surface area contributed by atoms with E-state index in [2.05, 4.69) is 6.58 Å². The maximum Gasteiger partial charge on any atom is 0.295 e. The highest BCUT2D eigenvalue weighted by Gasteiger charge is 2.45. The first-order chi connectivity index (χ1) is 16.4. The number of methoxy groups -OCH3 is 1. The fourth-order valence-corrected chi connectivity index (χ4v) is 4.05. The van der Waals surface area contributed by atoms with Gasteiger partial charge in [-0.2, -0.15) is 0 Å². The zero-order valence-electron chi connectivity index (χ0n) is 19.3. The Morgan fingerprint density at radius 1 is 1.18 bits per heavy atom. The van der Waals surface area contributed by atoms with Crippen LogP contribution in [0.4, 0.5) is 0 Å². The second kappa shape index (κ2) is 11.7. The van der Waals surface area contributed by atoms with E-state index >= 15 is 0 Å². The maximum absolute atomic E-state index is 13.1. The zero-order chi connectivity index (χ0) is 24.7. The minimum absolute atomic E-state index is 0.00223. The lowest BCUT2D eigenvalue weighted by atomic mass is 9.95. The highest BCUT2D eigenvalue weighted by atomic mass is 35.5. The first-order valence-corrected chi connectivity index (χ1v) is 11.3. The van der Waals surface area contributed by atoms with E-state index in [-0.39, 0.29) is 11.3 Å². The molecule has 2 aromatic rings. The van der Waals surface area contributed by atoms with E-state index in [0.717, 1.165) is 0 Å². The molecule has 1 N–H and O–H groups in total. The Morgan fingerprint density at radius 3 is 2.53 bits per heavy atom. The summed E-state index contributed by atoms with van der Waals surface area (Å²) in [6, 6.07) is 11.0.